The summed E-state index contributed by atoms with van der Waals surface area (Å²) in [4.78, 5) is 24.3. The number of carboxylic acids is 1. The summed E-state index contributed by atoms with van der Waals surface area (Å²) in [7, 11) is 0. The van der Waals surface area contributed by atoms with Gasteiger partial charge in [0.2, 0.25) is 5.91 Å². The topological polar surface area (TPSA) is 69.6 Å². The minimum atomic E-state index is -0.811. The lowest BCUT2D eigenvalue weighted by atomic mass is 9.91. The first-order valence-corrected chi connectivity index (χ1v) is 7.55. The standard InChI is InChI=1S/C12H22N2O3S/c1-8(2)9-4-14(6-12(16)17)5-10(9)13-11(15)7-18-3/h8-10H,4-7H2,1-3H3,(H,13,15)(H,16,17)/t9-,10+/m1/s1. The molecule has 2 N–H and O–H groups in total. The molecule has 0 unspecified atom stereocenters. The molecule has 0 aromatic heterocycles. The van der Waals surface area contributed by atoms with Crippen LogP contribution < -0.4 is 5.32 Å². The monoisotopic (exact) mass is 274 g/mol. The first-order valence-electron chi connectivity index (χ1n) is 6.16. The predicted octanol–water partition coefficient (Wildman–Crippen LogP) is 0.507. The SMILES string of the molecule is CSCC(=O)N[C@H]1CN(CC(=O)O)C[C@@H]1C(C)C. The normalized spacial score (nSPS) is 24.4. The van der Waals surface area contributed by atoms with Gasteiger partial charge >= 0.3 is 5.97 Å². The van der Waals surface area contributed by atoms with Crippen molar-refractivity contribution in [2.75, 3.05) is 31.6 Å². The highest BCUT2D eigenvalue weighted by atomic mass is 32.2. The fourth-order valence-electron chi connectivity index (χ4n) is 2.44. The fourth-order valence-corrected chi connectivity index (χ4v) is 2.79. The Hall–Kier alpha value is -0.750. The lowest BCUT2D eigenvalue weighted by Gasteiger charge is -2.22. The number of nitrogens with zero attached hydrogens (tertiary/aromatic N) is 1. The van der Waals surface area contributed by atoms with Gasteiger partial charge in [0.15, 0.2) is 0 Å². The van der Waals surface area contributed by atoms with Crippen LogP contribution in [0.2, 0.25) is 0 Å². The quantitative estimate of drug-likeness (QED) is 0.738. The van der Waals surface area contributed by atoms with Crippen molar-refractivity contribution in [2.24, 2.45) is 11.8 Å². The zero-order valence-electron chi connectivity index (χ0n) is 11.2. The van der Waals surface area contributed by atoms with E-state index < -0.39 is 5.97 Å². The van der Waals surface area contributed by atoms with Gasteiger partial charge in [0.25, 0.3) is 0 Å². The minimum Gasteiger partial charge on any atom is -0.480 e. The highest BCUT2D eigenvalue weighted by Crippen LogP contribution is 2.24. The Kier molecular flexibility index (Phi) is 5.95. The third-order valence-corrected chi connectivity index (χ3v) is 3.83. The molecule has 1 rings (SSSR count). The minimum absolute atomic E-state index is 0.0373. The Balaban J connectivity index is 2.57. The van der Waals surface area contributed by atoms with Crippen molar-refractivity contribution in [3.8, 4) is 0 Å². The molecular formula is C12H22N2O3S. The van der Waals surface area contributed by atoms with Gasteiger partial charge in [-0.05, 0) is 18.1 Å². The van der Waals surface area contributed by atoms with E-state index in [4.69, 9.17) is 5.11 Å². The van der Waals surface area contributed by atoms with Crippen LogP contribution in [0.1, 0.15) is 13.8 Å². The van der Waals surface area contributed by atoms with E-state index in [0.29, 0.717) is 24.1 Å². The van der Waals surface area contributed by atoms with Crippen molar-refractivity contribution in [2.45, 2.75) is 19.9 Å². The second-order valence-corrected chi connectivity index (χ2v) is 5.97. The van der Waals surface area contributed by atoms with Crippen molar-refractivity contribution in [1.29, 1.82) is 0 Å². The maximum atomic E-state index is 11.6. The summed E-state index contributed by atoms with van der Waals surface area (Å²) >= 11 is 1.49. The molecule has 0 radical (unpaired) electrons. The number of thioether (sulfide) groups is 1. The van der Waals surface area contributed by atoms with Crippen LogP contribution in [-0.4, -0.2) is 59.6 Å². The molecule has 0 aliphatic carbocycles. The average Bonchev–Trinajstić information content (AvgIpc) is 2.60. The molecule has 6 heteroatoms. The maximum absolute atomic E-state index is 11.6. The van der Waals surface area contributed by atoms with Gasteiger partial charge in [0, 0.05) is 19.1 Å². The number of hydrogen-bond donors (Lipinski definition) is 2. The van der Waals surface area contributed by atoms with Gasteiger partial charge in [-0.3, -0.25) is 14.5 Å². The van der Waals surface area contributed by atoms with Crippen LogP contribution in [0.5, 0.6) is 0 Å². The van der Waals surface area contributed by atoms with Gasteiger partial charge in [-0.2, -0.15) is 11.8 Å². The lowest BCUT2D eigenvalue weighted by molar-refractivity contribution is -0.138. The van der Waals surface area contributed by atoms with Crippen molar-refractivity contribution >= 4 is 23.6 Å². The van der Waals surface area contributed by atoms with Crippen molar-refractivity contribution in [3.63, 3.8) is 0 Å². The molecule has 0 aromatic rings. The Bertz CT molecular complexity index is 310. The van der Waals surface area contributed by atoms with Crippen molar-refractivity contribution in [3.05, 3.63) is 0 Å². The van der Waals surface area contributed by atoms with Gasteiger partial charge in [-0.1, -0.05) is 13.8 Å². The number of hydrogen-bond acceptors (Lipinski definition) is 4. The highest BCUT2D eigenvalue weighted by molar-refractivity contribution is 7.99. The second-order valence-electron chi connectivity index (χ2n) is 5.10. The Morgan fingerprint density at radius 1 is 1.44 bits per heavy atom. The van der Waals surface area contributed by atoms with E-state index in [9.17, 15) is 9.59 Å². The fraction of sp³-hybridized carbons (Fsp3) is 0.833. The number of rotatable bonds is 6. The van der Waals surface area contributed by atoms with Crippen LogP contribution in [0.3, 0.4) is 0 Å². The Labute approximate surface area is 112 Å². The molecule has 0 bridgehead atoms. The van der Waals surface area contributed by atoms with E-state index in [1.54, 1.807) is 0 Å². The van der Waals surface area contributed by atoms with E-state index in [1.165, 1.54) is 11.8 Å². The van der Waals surface area contributed by atoms with Crippen LogP contribution in [0, 0.1) is 11.8 Å². The average molecular weight is 274 g/mol. The van der Waals surface area contributed by atoms with E-state index in [-0.39, 0.29) is 18.5 Å². The summed E-state index contributed by atoms with van der Waals surface area (Å²) in [6, 6.07) is 0.0731. The molecular weight excluding hydrogens is 252 g/mol. The summed E-state index contributed by atoms with van der Waals surface area (Å²) in [6.07, 6.45) is 1.89. The third-order valence-electron chi connectivity index (χ3n) is 3.28. The van der Waals surface area contributed by atoms with Crippen LogP contribution >= 0.6 is 11.8 Å². The zero-order chi connectivity index (χ0) is 13.7. The molecule has 1 heterocycles. The first kappa shape index (κ1) is 15.3. The van der Waals surface area contributed by atoms with Gasteiger partial charge < -0.3 is 10.4 Å². The number of nitrogens with one attached hydrogen (secondary N) is 1. The Morgan fingerprint density at radius 2 is 2.11 bits per heavy atom. The molecule has 0 spiro atoms. The number of carbonyl (C=O) groups is 2. The molecule has 1 fully saturated rings. The van der Waals surface area contributed by atoms with Crippen LogP contribution in [0.25, 0.3) is 0 Å². The molecule has 1 amide bonds. The van der Waals surface area contributed by atoms with Gasteiger partial charge in [-0.15, -0.1) is 0 Å². The summed E-state index contributed by atoms with van der Waals surface area (Å²) in [5.74, 6) is 0.447. The predicted molar refractivity (Wildman–Crippen MR) is 72.7 cm³/mol. The molecule has 1 aliphatic rings. The largest absolute Gasteiger partial charge is 0.480 e. The molecule has 1 saturated heterocycles. The zero-order valence-corrected chi connectivity index (χ0v) is 12.0. The lowest BCUT2D eigenvalue weighted by Crippen LogP contribution is -2.43. The molecule has 5 nitrogen and oxygen atoms in total. The molecule has 2 atom stereocenters. The van der Waals surface area contributed by atoms with E-state index in [0.717, 1.165) is 6.54 Å². The van der Waals surface area contributed by atoms with E-state index in [1.807, 2.05) is 11.2 Å². The van der Waals surface area contributed by atoms with Crippen LogP contribution in [0.15, 0.2) is 0 Å². The number of carbonyl (C=O) groups excluding carboxylic acids is 1. The Morgan fingerprint density at radius 3 is 2.61 bits per heavy atom. The summed E-state index contributed by atoms with van der Waals surface area (Å²) < 4.78 is 0. The number of aliphatic carboxylic acids is 1. The van der Waals surface area contributed by atoms with Gasteiger partial charge in [0.1, 0.15) is 0 Å². The summed E-state index contributed by atoms with van der Waals surface area (Å²) in [5.41, 5.74) is 0. The van der Waals surface area contributed by atoms with E-state index in [2.05, 4.69) is 19.2 Å². The van der Waals surface area contributed by atoms with Gasteiger partial charge in [-0.25, -0.2) is 0 Å². The number of carboxylic acid groups (broad SMARTS) is 1. The molecule has 0 aromatic carbocycles. The smallest absolute Gasteiger partial charge is 0.317 e. The van der Waals surface area contributed by atoms with Crippen molar-refractivity contribution in [1.82, 2.24) is 10.2 Å². The van der Waals surface area contributed by atoms with Crippen LogP contribution in [0.4, 0.5) is 0 Å². The van der Waals surface area contributed by atoms with Crippen LogP contribution in [-0.2, 0) is 9.59 Å². The molecule has 18 heavy (non-hydrogen) atoms. The van der Waals surface area contributed by atoms with E-state index >= 15 is 0 Å². The third kappa shape index (κ3) is 4.49. The first-order chi connectivity index (χ1) is 8.43. The maximum Gasteiger partial charge on any atom is 0.317 e. The molecule has 1 aliphatic heterocycles. The number of likely N-dealkylation sites (tertiary alicyclic amines) is 1. The number of amides is 1. The highest BCUT2D eigenvalue weighted by Gasteiger charge is 2.35. The van der Waals surface area contributed by atoms with Crippen molar-refractivity contribution < 1.29 is 14.7 Å². The molecule has 104 valence electrons. The summed E-state index contributed by atoms with van der Waals surface area (Å²) in [5, 5.41) is 11.8. The van der Waals surface area contributed by atoms with Gasteiger partial charge in [0.05, 0.1) is 12.3 Å². The second kappa shape index (κ2) is 6.99. The molecule has 0 saturated carbocycles. The summed E-state index contributed by atoms with van der Waals surface area (Å²) in [6.45, 7) is 5.66.